The summed E-state index contributed by atoms with van der Waals surface area (Å²) in [6, 6.07) is 5.37. The molecule has 2 aromatic rings. The Morgan fingerprint density at radius 3 is 3.11 bits per heavy atom. The fourth-order valence-electron chi connectivity index (χ4n) is 2.48. The molecule has 0 radical (unpaired) electrons. The Hall–Kier alpha value is -2.30. The molecule has 1 aliphatic rings. The number of phenols is 1. The van der Waals surface area contributed by atoms with E-state index >= 15 is 0 Å². The van der Waals surface area contributed by atoms with Gasteiger partial charge < -0.3 is 14.4 Å². The third-order valence-electron chi connectivity index (χ3n) is 3.33. The van der Waals surface area contributed by atoms with Crippen molar-refractivity contribution in [3.63, 3.8) is 0 Å². The number of ether oxygens (including phenoxy) is 1. The van der Waals surface area contributed by atoms with Gasteiger partial charge in [0.05, 0.1) is 18.0 Å². The number of carbonyl (C=O) groups is 1. The van der Waals surface area contributed by atoms with Gasteiger partial charge in [-0.2, -0.15) is 0 Å². The SMILES string of the molecule is CCOC(=O)c1ncn2c1CCc1c(O)cccc1-2. The van der Waals surface area contributed by atoms with E-state index < -0.39 is 0 Å². The molecule has 0 spiro atoms. The van der Waals surface area contributed by atoms with E-state index in [1.165, 1.54) is 0 Å². The molecule has 0 atom stereocenters. The number of imidazole rings is 1. The van der Waals surface area contributed by atoms with Crippen molar-refractivity contribution in [1.29, 1.82) is 0 Å². The van der Waals surface area contributed by atoms with Crippen molar-refractivity contribution in [2.75, 3.05) is 6.61 Å². The lowest BCUT2D eigenvalue weighted by Crippen LogP contribution is -2.15. The van der Waals surface area contributed by atoms with E-state index in [1.807, 2.05) is 10.6 Å². The quantitative estimate of drug-likeness (QED) is 0.835. The molecular weight excluding hydrogens is 244 g/mol. The maximum Gasteiger partial charge on any atom is 0.358 e. The summed E-state index contributed by atoms with van der Waals surface area (Å²) in [6.45, 7) is 2.11. The molecule has 0 aliphatic carbocycles. The van der Waals surface area contributed by atoms with Gasteiger partial charge in [-0.15, -0.1) is 0 Å². The highest BCUT2D eigenvalue weighted by Gasteiger charge is 2.25. The number of nitrogens with zero attached hydrogens (tertiary/aromatic N) is 2. The van der Waals surface area contributed by atoms with Crippen LogP contribution >= 0.6 is 0 Å². The number of hydrogen-bond acceptors (Lipinski definition) is 4. The third kappa shape index (κ3) is 1.78. The number of aromatic nitrogens is 2. The molecule has 98 valence electrons. The summed E-state index contributed by atoms with van der Waals surface area (Å²) in [4.78, 5) is 16.0. The minimum atomic E-state index is -0.389. The van der Waals surface area contributed by atoms with Crippen LogP contribution in [0.15, 0.2) is 24.5 Å². The number of hydrogen-bond donors (Lipinski definition) is 1. The van der Waals surface area contributed by atoms with Crippen molar-refractivity contribution in [1.82, 2.24) is 9.55 Å². The largest absolute Gasteiger partial charge is 0.508 e. The number of phenolic OH excluding ortho intramolecular Hbond substituents is 1. The van der Waals surface area contributed by atoms with Crippen LogP contribution in [0.25, 0.3) is 5.69 Å². The van der Waals surface area contributed by atoms with Gasteiger partial charge in [0.15, 0.2) is 5.69 Å². The summed E-state index contributed by atoms with van der Waals surface area (Å²) in [7, 11) is 0. The van der Waals surface area contributed by atoms with E-state index in [2.05, 4.69) is 4.98 Å². The van der Waals surface area contributed by atoms with Gasteiger partial charge in [-0.25, -0.2) is 9.78 Å². The fourth-order valence-corrected chi connectivity index (χ4v) is 2.48. The second kappa shape index (κ2) is 4.42. The predicted molar refractivity (Wildman–Crippen MR) is 68.6 cm³/mol. The zero-order valence-corrected chi connectivity index (χ0v) is 10.6. The molecule has 1 aromatic heterocycles. The van der Waals surface area contributed by atoms with Gasteiger partial charge in [-0.05, 0) is 31.9 Å². The van der Waals surface area contributed by atoms with Crippen LogP contribution in [0.1, 0.15) is 28.7 Å². The normalized spacial score (nSPS) is 12.7. The molecule has 0 saturated heterocycles. The molecule has 1 N–H and O–H groups in total. The zero-order valence-electron chi connectivity index (χ0n) is 10.6. The van der Waals surface area contributed by atoms with E-state index in [4.69, 9.17) is 4.74 Å². The fraction of sp³-hybridized carbons (Fsp3) is 0.286. The summed E-state index contributed by atoms with van der Waals surface area (Å²) >= 11 is 0. The second-order valence-corrected chi connectivity index (χ2v) is 4.41. The predicted octanol–water partition coefficient (Wildman–Crippen LogP) is 1.85. The molecule has 0 fully saturated rings. The third-order valence-corrected chi connectivity index (χ3v) is 3.33. The first kappa shape index (κ1) is 11.8. The molecular formula is C14H14N2O3. The Kier molecular flexibility index (Phi) is 2.74. The maximum absolute atomic E-state index is 11.8. The lowest BCUT2D eigenvalue weighted by molar-refractivity contribution is 0.0518. The van der Waals surface area contributed by atoms with E-state index in [1.54, 1.807) is 25.4 Å². The van der Waals surface area contributed by atoms with Crippen molar-refractivity contribution in [3.8, 4) is 11.4 Å². The van der Waals surface area contributed by atoms with E-state index in [0.717, 1.165) is 16.9 Å². The summed E-state index contributed by atoms with van der Waals surface area (Å²) in [5.74, 6) is -0.102. The van der Waals surface area contributed by atoms with Crippen LogP contribution in [0.3, 0.4) is 0 Å². The Balaban J connectivity index is 2.10. The average molecular weight is 258 g/mol. The minimum absolute atomic E-state index is 0.287. The summed E-state index contributed by atoms with van der Waals surface area (Å²) < 4.78 is 6.85. The highest BCUT2D eigenvalue weighted by Crippen LogP contribution is 2.32. The van der Waals surface area contributed by atoms with Crippen molar-refractivity contribution < 1.29 is 14.6 Å². The zero-order chi connectivity index (χ0) is 13.4. The molecule has 1 aliphatic heterocycles. The Morgan fingerprint density at radius 1 is 1.47 bits per heavy atom. The van der Waals surface area contributed by atoms with Crippen LogP contribution in [0, 0.1) is 0 Å². The first-order chi connectivity index (χ1) is 9.22. The molecule has 1 aromatic carbocycles. The summed E-state index contributed by atoms with van der Waals surface area (Å²) in [5.41, 5.74) is 2.99. The number of carbonyl (C=O) groups excluding carboxylic acids is 1. The van der Waals surface area contributed by atoms with Crippen LogP contribution in [0.5, 0.6) is 5.75 Å². The van der Waals surface area contributed by atoms with Crippen molar-refractivity contribution in [2.24, 2.45) is 0 Å². The average Bonchev–Trinajstić information content (AvgIpc) is 2.83. The maximum atomic E-state index is 11.8. The minimum Gasteiger partial charge on any atom is -0.508 e. The van der Waals surface area contributed by atoms with Crippen molar-refractivity contribution >= 4 is 5.97 Å². The standard InChI is InChI=1S/C14H14N2O3/c1-2-19-14(18)13-11-7-6-9-10(16(11)8-15-13)4-3-5-12(9)17/h3-5,8,17H,2,6-7H2,1H3. The van der Waals surface area contributed by atoms with E-state index in [-0.39, 0.29) is 11.7 Å². The van der Waals surface area contributed by atoms with Crippen LogP contribution in [-0.2, 0) is 17.6 Å². The second-order valence-electron chi connectivity index (χ2n) is 4.41. The van der Waals surface area contributed by atoms with Crippen LogP contribution in [0.4, 0.5) is 0 Å². The van der Waals surface area contributed by atoms with Gasteiger partial charge in [0, 0.05) is 5.56 Å². The van der Waals surface area contributed by atoms with Gasteiger partial charge in [0.1, 0.15) is 12.1 Å². The Morgan fingerprint density at radius 2 is 2.32 bits per heavy atom. The molecule has 3 rings (SSSR count). The van der Waals surface area contributed by atoms with Gasteiger partial charge >= 0.3 is 5.97 Å². The molecule has 5 heteroatoms. The molecule has 5 nitrogen and oxygen atoms in total. The molecule has 2 heterocycles. The van der Waals surface area contributed by atoms with Crippen LogP contribution in [0.2, 0.25) is 0 Å². The number of esters is 1. The first-order valence-corrected chi connectivity index (χ1v) is 6.27. The topological polar surface area (TPSA) is 64.3 Å². The van der Waals surface area contributed by atoms with Crippen LogP contribution in [-0.4, -0.2) is 27.2 Å². The Bertz CT molecular complexity index is 646. The highest BCUT2D eigenvalue weighted by atomic mass is 16.5. The lowest BCUT2D eigenvalue weighted by atomic mass is 10.00. The molecule has 0 amide bonds. The first-order valence-electron chi connectivity index (χ1n) is 6.27. The number of benzene rings is 1. The van der Waals surface area contributed by atoms with Crippen LogP contribution < -0.4 is 0 Å². The van der Waals surface area contributed by atoms with Gasteiger partial charge in [0.2, 0.25) is 0 Å². The summed E-state index contributed by atoms with van der Waals surface area (Å²) in [5, 5.41) is 9.86. The van der Waals surface area contributed by atoms with Gasteiger partial charge in [0.25, 0.3) is 0 Å². The summed E-state index contributed by atoms with van der Waals surface area (Å²) in [6.07, 6.45) is 2.97. The van der Waals surface area contributed by atoms with E-state index in [0.29, 0.717) is 25.1 Å². The van der Waals surface area contributed by atoms with E-state index in [9.17, 15) is 9.90 Å². The highest BCUT2D eigenvalue weighted by molar-refractivity contribution is 5.89. The number of fused-ring (bicyclic) bond motifs is 3. The number of aromatic hydroxyl groups is 1. The molecule has 0 bridgehead atoms. The smallest absolute Gasteiger partial charge is 0.358 e. The van der Waals surface area contributed by atoms with Gasteiger partial charge in [-0.1, -0.05) is 6.07 Å². The lowest BCUT2D eigenvalue weighted by Gasteiger charge is -2.20. The van der Waals surface area contributed by atoms with Gasteiger partial charge in [-0.3, -0.25) is 0 Å². The van der Waals surface area contributed by atoms with Crippen molar-refractivity contribution in [2.45, 2.75) is 19.8 Å². The van der Waals surface area contributed by atoms with Crippen molar-refractivity contribution in [3.05, 3.63) is 41.5 Å². The molecule has 0 saturated carbocycles. The Labute approximate surface area is 110 Å². The molecule has 19 heavy (non-hydrogen) atoms. The number of rotatable bonds is 2. The molecule has 0 unspecified atom stereocenters. The monoisotopic (exact) mass is 258 g/mol.